The number of rotatable bonds is 8. The monoisotopic (exact) mass is 436 g/mol. The van der Waals surface area contributed by atoms with E-state index in [0.29, 0.717) is 17.7 Å². The quantitative estimate of drug-likeness (QED) is 0.312. The van der Waals surface area contributed by atoms with E-state index < -0.39 is 11.5 Å². The molecular formula is C28H24N2O3. The number of carbonyl (C=O) groups is 1. The number of ether oxygens (including phenoxy) is 1. The molecule has 0 atom stereocenters. The summed E-state index contributed by atoms with van der Waals surface area (Å²) in [5.41, 5.74) is 3.41. The number of hydrazone groups is 1. The first kappa shape index (κ1) is 22.0. The van der Waals surface area contributed by atoms with Gasteiger partial charge in [-0.05, 0) is 46.5 Å². The van der Waals surface area contributed by atoms with Crippen LogP contribution < -0.4 is 10.2 Å². The van der Waals surface area contributed by atoms with Crippen LogP contribution in [-0.2, 0) is 17.0 Å². The predicted molar refractivity (Wildman–Crippen MR) is 129 cm³/mol. The van der Waals surface area contributed by atoms with Gasteiger partial charge in [-0.2, -0.15) is 5.10 Å². The highest BCUT2D eigenvalue weighted by molar-refractivity contribution is 5.91. The Morgan fingerprint density at radius 3 is 1.85 bits per heavy atom. The van der Waals surface area contributed by atoms with Gasteiger partial charge in [-0.1, -0.05) is 91.0 Å². The molecule has 5 heteroatoms. The largest absolute Gasteiger partial charge is 0.489 e. The Morgan fingerprint density at radius 2 is 1.30 bits per heavy atom. The molecule has 0 aliphatic carbocycles. The zero-order valence-electron chi connectivity index (χ0n) is 18.0. The van der Waals surface area contributed by atoms with Gasteiger partial charge < -0.3 is 9.84 Å². The molecule has 0 spiro atoms. The van der Waals surface area contributed by atoms with Crippen LogP contribution >= 0.6 is 0 Å². The Hall–Kier alpha value is -4.22. The maximum Gasteiger partial charge on any atom is 0.281 e. The molecule has 0 saturated heterocycles. The first-order chi connectivity index (χ1) is 16.2. The fourth-order valence-corrected chi connectivity index (χ4v) is 3.42. The summed E-state index contributed by atoms with van der Waals surface area (Å²) in [4.78, 5) is 13.0. The lowest BCUT2D eigenvalue weighted by Gasteiger charge is -2.27. The summed E-state index contributed by atoms with van der Waals surface area (Å²) in [6.45, 7) is 0.488. The average Bonchev–Trinajstić information content (AvgIpc) is 2.89. The highest BCUT2D eigenvalue weighted by atomic mass is 16.5. The van der Waals surface area contributed by atoms with Crippen molar-refractivity contribution in [3.05, 3.63) is 138 Å². The lowest BCUT2D eigenvalue weighted by atomic mass is 9.85. The number of hydrogen-bond acceptors (Lipinski definition) is 4. The summed E-state index contributed by atoms with van der Waals surface area (Å²) in [6, 6.07) is 34.9. The number of nitrogens with zero attached hydrogens (tertiary/aromatic N) is 1. The zero-order chi connectivity index (χ0) is 22.9. The van der Waals surface area contributed by atoms with E-state index >= 15 is 0 Å². The van der Waals surface area contributed by atoms with Crippen molar-refractivity contribution in [3.63, 3.8) is 0 Å². The van der Waals surface area contributed by atoms with Crippen LogP contribution in [0.5, 0.6) is 5.75 Å². The van der Waals surface area contributed by atoms with Crippen molar-refractivity contribution in [2.24, 2.45) is 5.10 Å². The molecule has 0 radical (unpaired) electrons. The van der Waals surface area contributed by atoms with E-state index in [0.717, 1.165) is 16.9 Å². The highest BCUT2D eigenvalue weighted by Crippen LogP contribution is 2.29. The number of hydrogen-bond donors (Lipinski definition) is 2. The van der Waals surface area contributed by atoms with E-state index in [4.69, 9.17) is 4.74 Å². The summed E-state index contributed by atoms with van der Waals surface area (Å²) < 4.78 is 5.79. The average molecular weight is 437 g/mol. The number of benzene rings is 4. The van der Waals surface area contributed by atoms with Crippen molar-refractivity contribution >= 4 is 12.1 Å². The first-order valence-electron chi connectivity index (χ1n) is 10.6. The molecule has 4 aromatic rings. The fourth-order valence-electron chi connectivity index (χ4n) is 3.42. The van der Waals surface area contributed by atoms with Crippen LogP contribution in [0.2, 0.25) is 0 Å². The third-order valence-corrected chi connectivity index (χ3v) is 5.22. The van der Waals surface area contributed by atoms with Gasteiger partial charge >= 0.3 is 0 Å². The van der Waals surface area contributed by atoms with Gasteiger partial charge in [0.1, 0.15) is 12.4 Å². The Balaban J connectivity index is 1.43. The molecule has 0 saturated carbocycles. The topological polar surface area (TPSA) is 70.9 Å². The normalized spacial score (nSPS) is 11.3. The van der Waals surface area contributed by atoms with Crippen molar-refractivity contribution in [2.45, 2.75) is 12.2 Å². The summed E-state index contributed by atoms with van der Waals surface area (Å²) >= 11 is 0. The Labute approximate surface area is 193 Å². The maximum atomic E-state index is 13.0. The molecule has 5 nitrogen and oxygen atoms in total. The molecule has 0 aliphatic heterocycles. The van der Waals surface area contributed by atoms with Crippen molar-refractivity contribution in [2.75, 3.05) is 0 Å². The first-order valence-corrected chi connectivity index (χ1v) is 10.6. The summed E-state index contributed by atoms with van der Waals surface area (Å²) in [5.74, 6) is 0.0986. The second-order valence-electron chi connectivity index (χ2n) is 7.48. The number of amides is 1. The predicted octanol–water partition coefficient (Wildman–Crippen LogP) is 4.65. The molecule has 0 fully saturated rings. The molecule has 4 aromatic carbocycles. The summed E-state index contributed by atoms with van der Waals surface area (Å²) in [5, 5.41) is 15.5. The van der Waals surface area contributed by atoms with Crippen LogP contribution in [0, 0.1) is 0 Å². The van der Waals surface area contributed by atoms with Crippen LogP contribution in [0.1, 0.15) is 22.3 Å². The minimum atomic E-state index is -1.87. The Morgan fingerprint density at radius 1 is 0.788 bits per heavy atom. The summed E-state index contributed by atoms with van der Waals surface area (Å²) in [7, 11) is 0. The number of carbonyl (C=O) groups excluding carboxylic acids is 1. The molecule has 0 aliphatic rings. The molecule has 0 bridgehead atoms. The van der Waals surface area contributed by atoms with E-state index in [2.05, 4.69) is 10.5 Å². The minimum Gasteiger partial charge on any atom is -0.489 e. The zero-order valence-corrected chi connectivity index (χ0v) is 18.0. The van der Waals surface area contributed by atoms with Gasteiger partial charge in [0.25, 0.3) is 5.91 Å². The van der Waals surface area contributed by atoms with Gasteiger partial charge in [-0.15, -0.1) is 0 Å². The van der Waals surface area contributed by atoms with E-state index in [1.807, 2.05) is 66.7 Å². The van der Waals surface area contributed by atoms with Crippen LogP contribution in [0.4, 0.5) is 0 Å². The maximum absolute atomic E-state index is 13.0. The Bertz CT molecular complexity index is 1150. The van der Waals surface area contributed by atoms with Crippen LogP contribution in [-0.4, -0.2) is 17.2 Å². The minimum absolute atomic E-state index is 0.462. The molecular weight excluding hydrogens is 412 g/mol. The molecule has 1 amide bonds. The smallest absolute Gasteiger partial charge is 0.281 e. The highest BCUT2D eigenvalue weighted by Gasteiger charge is 2.39. The molecule has 33 heavy (non-hydrogen) atoms. The molecule has 0 heterocycles. The third kappa shape index (κ3) is 5.34. The molecule has 0 unspecified atom stereocenters. The second kappa shape index (κ2) is 10.4. The summed E-state index contributed by atoms with van der Waals surface area (Å²) in [6.07, 6.45) is 1.52. The van der Waals surface area contributed by atoms with Gasteiger partial charge in [-0.3, -0.25) is 4.79 Å². The van der Waals surface area contributed by atoms with E-state index in [1.165, 1.54) is 6.21 Å². The second-order valence-corrected chi connectivity index (χ2v) is 7.48. The van der Waals surface area contributed by atoms with Crippen molar-refractivity contribution in [3.8, 4) is 5.75 Å². The van der Waals surface area contributed by atoms with E-state index in [1.54, 1.807) is 48.5 Å². The van der Waals surface area contributed by atoms with Crippen LogP contribution in [0.25, 0.3) is 0 Å². The van der Waals surface area contributed by atoms with Gasteiger partial charge in [0, 0.05) is 0 Å². The standard InChI is InChI=1S/C28H24N2O3/c31-27(28(32,24-12-6-2-7-13-24)25-14-8-3-9-15-25)30-29-20-22-16-18-26(19-17-22)33-21-23-10-4-1-5-11-23/h1-20,32H,21H2,(H,30,31)/b29-20+. The number of nitrogens with one attached hydrogen (secondary N) is 1. The van der Waals surface area contributed by atoms with Crippen LogP contribution in [0.3, 0.4) is 0 Å². The van der Waals surface area contributed by atoms with Gasteiger partial charge in [0.05, 0.1) is 6.21 Å². The van der Waals surface area contributed by atoms with Gasteiger partial charge in [0.2, 0.25) is 0 Å². The third-order valence-electron chi connectivity index (χ3n) is 5.22. The van der Waals surface area contributed by atoms with E-state index in [-0.39, 0.29) is 0 Å². The van der Waals surface area contributed by atoms with Crippen molar-refractivity contribution in [1.29, 1.82) is 0 Å². The van der Waals surface area contributed by atoms with Gasteiger partial charge in [-0.25, -0.2) is 5.43 Å². The van der Waals surface area contributed by atoms with Crippen molar-refractivity contribution < 1.29 is 14.6 Å². The number of aliphatic hydroxyl groups is 1. The molecule has 4 rings (SSSR count). The van der Waals surface area contributed by atoms with E-state index in [9.17, 15) is 9.90 Å². The van der Waals surface area contributed by atoms with Crippen molar-refractivity contribution in [1.82, 2.24) is 5.43 Å². The van der Waals surface area contributed by atoms with Gasteiger partial charge in [0.15, 0.2) is 5.60 Å². The fraction of sp³-hybridized carbons (Fsp3) is 0.0714. The molecule has 0 aromatic heterocycles. The molecule has 2 N–H and O–H groups in total. The Kier molecular flexibility index (Phi) is 6.93. The SMILES string of the molecule is O=C(N/N=C/c1ccc(OCc2ccccc2)cc1)C(O)(c1ccccc1)c1ccccc1. The van der Waals surface area contributed by atoms with Crippen LogP contribution in [0.15, 0.2) is 120 Å². The molecule has 164 valence electrons. The lowest BCUT2D eigenvalue weighted by molar-refractivity contribution is -0.136. The lowest BCUT2D eigenvalue weighted by Crippen LogP contribution is -2.43.